The van der Waals surface area contributed by atoms with Gasteiger partial charge in [0.1, 0.15) is 6.04 Å². The molecule has 0 bridgehead atoms. The number of fused-ring (bicyclic) bond motifs is 1. The van der Waals surface area contributed by atoms with Gasteiger partial charge < -0.3 is 10.6 Å². The Kier molecular flexibility index (Phi) is 3.48. The van der Waals surface area contributed by atoms with Crippen LogP contribution in [-0.2, 0) is 4.79 Å². The molecule has 1 aromatic heterocycles. The molecule has 3 rings (SSSR count). The Labute approximate surface area is 122 Å². The fraction of sp³-hybridized carbons (Fsp3) is 0.571. The fourth-order valence-corrected chi connectivity index (χ4v) is 3.75. The van der Waals surface area contributed by atoms with Crippen molar-refractivity contribution in [3.05, 3.63) is 28.4 Å². The highest BCUT2D eigenvalue weighted by molar-refractivity contribution is 5.85. The average Bonchev–Trinajstić information content (AvgIpc) is 2.86. The molecule has 2 heterocycles. The molecule has 21 heavy (non-hydrogen) atoms. The number of hydrogen-bond donors (Lipinski definition) is 1. The Hall–Kier alpha value is -2.18. The van der Waals surface area contributed by atoms with Crippen molar-refractivity contribution in [3.8, 4) is 0 Å². The van der Waals surface area contributed by atoms with Crippen LogP contribution in [0.15, 0.2) is 18.3 Å². The lowest BCUT2D eigenvalue weighted by Crippen LogP contribution is -2.45. The number of amides is 1. The van der Waals surface area contributed by atoms with Gasteiger partial charge in [0, 0.05) is 18.3 Å². The maximum Gasteiger partial charge on any atom is 0.311 e. The van der Waals surface area contributed by atoms with Crippen molar-refractivity contribution in [2.45, 2.75) is 44.2 Å². The SMILES string of the molecule is NC(=O)[C@@H]1C[C@H]2CCCC[C@@H]2N1c1ncccc1[N+](=O)[O-]. The van der Waals surface area contributed by atoms with E-state index in [4.69, 9.17) is 5.73 Å². The van der Waals surface area contributed by atoms with Crippen LogP contribution in [0.1, 0.15) is 32.1 Å². The van der Waals surface area contributed by atoms with Crippen LogP contribution >= 0.6 is 0 Å². The van der Waals surface area contributed by atoms with E-state index in [1.165, 1.54) is 18.3 Å². The van der Waals surface area contributed by atoms with Crippen molar-refractivity contribution in [2.24, 2.45) is 11.7 Å². The smallest absolute Gasteiger partial charge is 0.311 e. The van der Waals surface area contributed by atoms with Crippen LogP contribution in [0.3, 0.4) is 0 Å². The van der Waals surface area contributed by atoms with Gasteiger partial charge in [-0.05, 0) is 31.2 Å². The summed E-state index contributed by atoms with van der Waals surface area (Å²) in [6.45, 7) is 0. The van der Waals surface area contributed by atoms with E-state index < -0.39 is 16.9 Å². The molecule has 1 aliphatic carbocycles. The molecule has 2 fully saturated rings. The van der Waals surface area contributed by atoms with E-state index in [-0.39, 0.29) is 17.5 Å². The van der Waals surface area contributed by atoms with E-state index in [2.05, 4.69) is 4.98 Å². The highest BCUT2D eigenvalue weighted by Crippen LogP contribution is 2.43. The van der Waals surface area contributed by atoms with Crippen LogP contribution in [0.25, 0.3) is 0 Å². The third kappa shape index (κ3) is 2.32. The number of carbonyl (C=O) groups is 1. The summed E-state index contributed by atoms with van der Waals surface area (Å²) in [4.78, 5) is 28.6. The molecule has 0 unspecified atom stereocenters. The molecule has 7 nitrogen and oxygen atoms in total. The number of aromatic nitrogens is 1. The highest BCUT2D eigenvalue weighted by Gasteiger charge is 2.46. The number of hydrogen-bond acceptors (Lipinski definition) is 5. The molecular formula is C14H18N4O3. The lowest BCUT2D eigenvalue weighted by Gasteiger charge is -2.33. The molecule has 1 saturated carbocycles. The second kappa shape index (κ2) is 5.31. The minimum absolute atomic E-state index is 0.0602. The molecule has 0 aromatic carbocycles. The minimum Gasteiger partial charge on any atom is -0.368 e. The van der Waals surface area contributed by atoms with Crippen molar-refractivity contribution >= 4 is 17.4 Å². The summed E-state index contributed by atoms with van der Waals surface area (Å²) >= 11 is 0. The van der Waals surface area contributed by atoms with Gasteiger partial charge >= 0.3 is 5.69 Å². The van der Waals surface area contributed by atoms with Crippen LogP contribution in [-0.4, -0.2) is 27.9 Å². The summed E-state index contributed by atoms with van der Waals surface area (Å²) < 4.78 is 0. The summed E-state index contributed by atoms with van der Waals surface area (Å²) in [6, 6.07) is 2.60. The third-order valence-electron chi connectivity index (χ3n) is 4.62. The number of anilines is 1. The van der Waals surface area contributed by atoms with Gasteiger partial charge in [-0.3, -0.25) is 14.9 Å². The first-order chi connectivity index (χ1) is 10.1. The first-order valence-corrected chi connectivity index (χ1v) is 7.26. The predicted octanol–water partition coefficient (Wildman–Crippen LogP) is 1.61. The molecule has 0 spiro atoms. The summed E-state index contributed by atoms with van der Waals surface area (Å²) in [5, 5.41) is 11.2. The lowest BCUT2D eigenvalue weighted by molar-refractivity contribution is -0.384. The predicted molar refractivity (Wildman–Crippen MR) is 76.7 cm³/mol. The van der Waals surface area contributed by atoms with Gasteiger partial charge in [0.25, 0.3) is 0 Å². The van der Waals surface area contributed by atoms with Crippen LogP contribution in [0, 0.1) is 16.0 Å². The van der Waals surface area contributed by atoms with E-state index in [0.717, 1.165) is 25.7 Å². The zero-order valence-electron chi connectivity index (χ0n) is 11.6. The van der Waals surface area contributed by atoms with Crippen LogP contribution in [0.5, 0.6) is 0 Å². The van der Waals surface area contributed by atoms with E-state index in [1.54, 1.807) is 0 Å². The van der Waals surface area contributed by atoms with Gasteiger partial charge in [-0.1, -0.05) is 12.8 Å². The maximum atomic E-state index is 11.8. The molecule has 1 amide bonds. The molecule has 1 saturated heterocycles. The first kappa shape index (κ1) is 13.8. The van der Waals surface area contributed by atoms with Gasteiger partial charge in [-0.2, -0.15) is 0 Å². The number of nitro groups is 1. The number of pyridine rings is 1. The Bertz CT molecular complexity index is 577. The van der Waals surface area contributed by atoms with Crippen LogP contribution < -0.4 is 10.6 Å². The van der Waals surface area contributed by atoms with Crippen molar-refractivity contribution in [3.63, 3.8) is 0 Å². The largest absolute Gasteiger partial charge is 0.368 e. The standard InChI is InChI=1S/C14H18N4O3/c15-13(19)12-8-9-4-1-2-5-10(9)17(12)14-11(18(20)21)6-3-7-16-14/h3,6-7,9-10,12H,1-2,4-5,8H2,(H2,15,19)/t9-,10+,12+/m1/s1. The monoisotopic (exact) mass is 290 g/mol. The van der Waals surface area contributed by atoms with Gasteiger partial charge in [0.2, 0.25) is 11.7 Å². The molecule has 7 heteroatoms. The zero-order chi connectivity index (χ0) is 15.0. The molecule has 0 radical (unpaired) electrons. The maximum absolute atomic E-state index is 11.8. The van der Waals surface area contributed by atoms with Gasteiger partial charge in [-0.25, -0.2) is 4.98 Å². The molecular weight excluding hydrogens is 272 g/mol. The van der Waals surface area contributed by atoms with E-state index in [9.17, 15) is 14.9 Å². The topological polar surface area (TPSA) is 102 Å². The number of primary amides is 1. The van der Waals surface area contributed by atoms with Crippen molar-refractivity contribution in [2.75, 3.05) is 4.90 Å². The van der Waals surface area contributed by atoms with Crippen LogP contribution in [0.4, 0.5) is 11.5 Å². The quantitative estimate of drug-likeness (QED) is 0.673. The molecule has 1 aliphatic heterocycles. The molecule has 112 valence electrons. The Balaban J connectivity index is 2.04. The Morgan fingerprint density at radius 2 is 2.19 bits per heavy atom. The van der Waals surface area contributed by atoms with Crippen molar-refractivity contribution in [1.82, 2.24) is 4.98 Å². The van der Waals surface area contributed by atoms with Crippen molar-refractivity contribution < 1.29 is 9.72 Å². The van der Waals surface area contributed by atoms with E-state index in [1.807, 2.05) is 4.90 Å². The summed E-state index contributed by atoms with van der Waals surface area (Å²) in [5.41, 5.74) is 5.47. The molecule has 2 aliphatic rings. The first-order valence-electron chi connectivity index (χ1n) is 7.26. The summed E-state index contributed by atoms with van der Waals surface area (Å²) in [7, 11) is 0. The number of carbonyl (C=O) groups excluding carboxylic acids is 1. The summed E-state index contributed by atoms with van der Waals surface area (Å²) in [6.07, 6.45) is 6.40. The van der Waals surface area contributed by atoms with Gasteiger partial charge in [0.15, 0.2) is 0 Å². The Morgan fingerprint density at radius 1 is 1.43 bits per heavy atom. The van der Waals surface area contributed by atoms with Gasteiger partial charge in [0.05, 0.1) is 4.92 Å². The molecule has 2 N–H and O–H groups in total. The number of rotatable bonds is 3. The molecule has 3 atom stereocenters. The van der Waals surface area contributed by atoms with Crippen LogP contribution in [0.2, 0.25) is 0 Å². The number of nitrogens with two attached hydrogens (primary N) is 1. The fourth-order valence-electron chi connectivity index (χ4n) is 3.75. The van der Waals surface area contributed by atoms with E-state index >= 15 is 0 Å². The Morgan fingerprint density at radius 3 is 2.90 bits per heavy atom. The third-order valence-corrected chi connectivity index (χ3v) is 4.62. The lowest BCUT2D eigenvalue weighted by atomic mass is 9.84. The van der Waals surface area contributed by atoms with E-state index in [0.29, 0.717) is 12.3 Å². The van der Waals surface area contributed by atoms with Gasteiger partial charge in [-0.15, -0.1) is 0 Å². The number of nitrogens with zero attached hydrogens (tertiary/aromatic N) is 3. The average molecular weight is 290 g/mol. The normalized spacial score (nSPS) is 28.2. The second-order valence-corrected chi connectivity index (χ2v) is 5.78. The highest BCUT2D eigenvalue weighted by atomic mass is 16.6. The zero-order valence-corrected chi connectivity index (χ0v) is 11.6. The summed E-state index contributed by atoms with van der Waals surface area (Å²) in [5.74, 6) is 0.225. The second-order valence-electron chi connectivity index (χ2n) is 5.78. The minimum atomic E-state index is -0.494. The molecule has 1 aromatic rings. The van der Waals surface area contributed by atoms with Crippen molar-refractivity contribution in [1.29, 1.82) is 0 Å².